The van der Waals surface area contributed by atoms with Crippen LogP contribution >= 0.6 is 0 Å². The molecule has 1 aliphatic heterocycles. The summed E-state index contributed by atoms with van der Waals surface area (Å²) in [6.45, 7) is 2.93. The van der Waals surface area contributed by atoms with Gasteiger partial charge in [-0.15, -0.1) is 0 Å². The van der Waals surface area contributed by atoms with Crippen LogP contribution in [-0.2, 0) is 0 Å². The van der Waals surface area contributed by atoms with Crippen molar-refractivity contribution >= 4 is 5.91 Å². The van der Waals surface area contributed by atoms with Gasteiger partial charge in [0.2, 0.25) is 0 Å². The lowest BCUT2D eigenvalue weighted by Crippen LogP contribution is -2.46. The van der Waals surface area contributed by atoms with Gasteiger partial charge in [-0.05, 0) is 62.2 Å². The number of rotatable bonds is 4. The van der Waals surface area contributed by atoms with Gasteiger partial charge in [0, 0.05) is 30.4 Å². The van der Waals surface area contributed by atoms with Gasteiger partial charge in [0.25, 0.3) is 5.91 Å². The summed E-state index contributed by atoms with van der Waals surface area (Å²) in [6, 6.07) is 13.4. The van der Waals surface area contributed by atoms with Gasteiger partial charge in [-0.3, -0.25) is 9.36 Å². The third-order valence-electron chi connectivity index (χ3n) is 5.73. The van der Waals surface area contributed by atoms with Crippen LogP contribution in [0.4, 0.5) is 4.39 Å². The first-order chi connectivity index (χ1) is 15.4. The Hall–Kier alpha value is -3.70. The minimum atomic E-state index is -0.637. The largest absolute Gasteiger partial charge is 0.497 e. The van der Waals surface area contributed by atoms with E-state index >= 15 is 0 Å². The molecule has 2 N–H and O–H groups in total. The first kappa shape index (κ1) is 21.5. The van der Waals surface area contributed by atoms with Crippen molar-refractivity contribution in [1.82, 2.24) is 14.5 Å². The number of nitriles is 1. The molecule has 1 saturated heterocycles. The third-order valence-corrected chi connectivity index (χ3v) is 5.73. The highest BCUT2D eigenvalue weighted by Crippen LogP contribution is 2.29. The Balaban J connectivity index is 1.85. The zero-order valence-corrected chi connectivity index (χ0v) is 18.0. The van der Waals surface area contributed by atoms with Gasteiger partial charge >= 0.3 is 0 Å². The molecule has 1 aromatic heterocycles. The topological polar surface area (TPSA) is 97.2 Å². The predicted molar refractivity (Wildman–Crippen MR) is 118 cm³/mol. The summed E-state index contributed by atoms with van der Waals surface area (Å²) in [5, 5.41) is 9.07. The first-order valence-electron chi connectivity index (χ1n) is 10.4. The van der Waals surface area contributed by atoms with Crippen molar-refractivity contribution in [1.29, 1.82) is 5.26 Å². The number of benzene rings is 2. The summed E-state index contributed by atoms with van der Waals surface area (Å²) in [4.78, 5) is 19.7. The Kier molecular flexibility index (Phi) is 5.93. The van der Waals surface area contributed by atoms with Crippen LogP contribution in [0.1, 0.15) is 34.6 Å². The van der Waals surface area contributed by atoms with Crippen molar-refractivity contribution in [3.63, 3.8) is 0 Å². The summed E-state index contributed by atoms with van der Waals surface area (Å²) in [5.41, 5.74) is 8.18. The molecule has 1 atom stereocenters. The highest BCUT2D eigenvalue weighted by Gasteiger charge is 2.28. The Bertz CT molecular complexity index is 1200. The number of amides is 1. The van der Waals surface area contributed by atoms with Crippen LogP contribution in [0.5, 0.6) is 5.75 Å². The lowest BCUT2D eigenvalue weighted by atomic mass is 10.1. The number of carbonyl (C=O) groups is 1. The molecule has 1 aliphatic rings. The number of ether oxygens (including phenoxy) is 1. The molecule has 8 heteroatoms. The van der Waals surface area contributed by atoms with E-state index in [0.717, 1.165) is 18.5 Å². The highest BCUT2D eigenvalue weighted by atomic mass is 19.1. The molecule has 2 heterocycles. The van der Waals surface area contributed by atoms with Gasteiger partial charge in [0.15, 0.2) is 0 Å². The van der Waals surface area contributed by atoms with E-state index in [1.807, 2.05) is 41.8 Å². The minimum absolute atomic E-state index is 0.0494. The van der Waals surface area contributed by atoms with Crippen LogP contribution in [0.3, 0.4) is 0 Å². The van der Waals surface area contributed by atoms with Crippen LogP contribution in [0.15, 0.2) is 42.5 Å². The monoisotopic (exact) mass is 433 g/mol. The molecule has 7 nitrogen and oxygen atoms in total. The number of halogens is 1. The summed E-state index contributed by atoms with van der Waals surface area (Å²) in [5.74, 6) is 0.277. The molecule has 0 saturated carbocycles. The third kappa shape index (κ3) is 3.95. The van der Waals surface area contributed by atoms with E-state index in [1.165, 1.54) is 12.1 Å². The predicted octanol–water partition coefficient (Wildman–Crippen LogP) is 3.43. The maximum absolute atomic E-state index is 14.4. The Morgan fingerprint density at radius 1 is 1.28 bits per heavy atom. The van der Waals surface area contributed by atoms with Gasteiger partial charge in [-0.2, -0.15) is 5.26 Å². The standard InChI is InChI=1S/C24H24FN5O2/c1-15-22(24(31)29-11-3-4-18(27)14-29)28-23(16-5-6-17(13-26)21(25)12-16)30(15)19-7-9-20(32-2)10-8-19/h5-10,12,18H,3-4,11,14,27H2,1-2H3/t18-/m0/s1. The molecule has 4 rings (SSSR count). The second-order valence-corrected chi connectivity index (χ2v) is 7.86. The van der Waals surface area contributed by atoms with Gasteiger partial charge in [-0.1, -0.05) is 0 Å². The molecule has 0 spiro atoms. The fourth-order valence-electron chi connectivity index (χ4n) is 4.03. The van der Waals surface area contributed by atoms with Crippen molar-refractivity contribution in [3.05, 3.63) is 65.2 Å². The summed E-state index contributed by atoms with van der Waals surface area (Å²) >= 11 is 0. The number of nitrogens with two attached hydrogens (primary N) is 1. The number of hydrogen-bond acceptors (Lipinski definition) is 5. The van der Waals surface area contributed by atoms with Crippen molar-refractivity contribution in [3.8, 4) is 28.9 Å². The molecule has 0 unspecified atom stereocenters. The Labute approximate surface area is 185 Å². The van der Waals surface area contributed by atoms with E-state index in [1.54, 1.807) is 18.1 Å². The molecular formula is C24H24FN5O2. The van der Waals surface area contributed by atoms with Gasteiger partial charge in [0.1, 0.15) is 29.2 Å². The number of nitrogens with zero attached hydrogens (tertiary/aromatic N) is 4. The Morgan fingerprint density at radius 2 is 2.03 bits per heavy atom. The number of imidazole rings is 1. The van der Waals surface area contributed by atoms with Crippen molar-refractivity contribution in [2.75, 3.05) is 20.2 Å². The van der Waals surface area contributed by atoms with Gasteiger partial charge < -0.3 is 15.4 Å². The Morgan fingerprint density at radius 3 is 2.66 bits per heavy atom. The maximum Gasteiger partial charge on any atom is 0.274 e. The normalized spacial score (nSPS) is 16.0. The van der Waals surface area contributed by atoms with E-state index in [4.69, 9.17) is 15.7 Å². The average molecular weight is 433 g/mol. The van der Waals surface area contributed by atoms with Crippen molar-refractivity contribution in [2.45, 2.75) is 25.8 Å². The lowest BCUT2D eigenvalue weighted by molar-refractivity contribution is 0.0702. The lowest BCUT2D eigenvalue weighted by Gasteiger charge is -2.30. The quantitative estimate of drug-likeness (QED) is 0.680. The molecule has 2 aromatic carbocycles. The number of aromatic nitrogens is 2. The molecule has 0 aliphatic carbocycles. The van der Waals surface area contributed by atoms with Crippen molar-refractivity contribution in [2.24, 2.45) is 5.73 Å². The molecule has 1 amide bonds. The number of methoxy groups -OCH3 is 1. The molecule has 0 bridgehead atoms. The van der Waals surface area contributed by atoms with E-state index in [9.17, 15) is 9.18 Å². The highest BCUT2D eigenvalue weighted by molar-refractivity contribution is 5.94. The fourth-order valence-corrected chi connectivity index (χ4v) is 4.03. The number of likely N-dealkylation sites (tertiary alicyclic amines) is 1. The molecular weight excluding hydrogens is 409 g/mol. The maximum atomic E-state index is 14.4. The van der Waals surface area contributed by atoms with Crippen LogP contribution < -0.4 is 10.5 Å². The second-order valence-electron chi connectivity index (χ2n) is 7.86. The number of hydrogen-bond donors (Lipinski definition) is 1. The first-order valence-corrected chi connectivity index (χ1v) is 10.4. The zero-order chi connectivity index (χ0) is 22.8. The summed E-state index contributed by atoms with van der Waals surface area (Å²) in [6.07, 6.45) is 1.73. The van der Waals surface area contributed by atoms with Crippen LogP contribution in [0.2, 0.25) is 0 Å². The van der Waals surface area contributed by atoms with Crippen LogP contribution in [-0.4, -0.2) is 46.6 Å². The minimum Gasteiger partial charge on any atom is -0.497 e. The second kappa shape index (κ2) is 8.81. The van der Waals surface area contributed by atoms with Crippen LogP contribution in [0, 0.1) is 24.1 Å². The number of carbonyl (C=O) groups excluding carboxylic acids is 1. The summed E-state index contributed by atoms with van der Waals surface area (Å²) < 4.78 is 21.5. The molecule has 32 heavy (non-hydrogen) atoms. The number of piperidine rings is 1. The SMILES string of the molecule is COc1ccc(-n2c(-c3ccc(C#N)c(F)c3)nc(C(=O)N3CCC[C@H](N)C3)c2C)cc1. The fraction of sp³-hybridized carbons (Fsp3) is 0.292. The summed E-state index contributed by atoms with van der Waals surface area (Å²) in [7, 11) is 1.59. The van der Waals surface area contributed by atoms with Crippen molar-refractivity contribution < 1.29 is 13.9 Å². The van der Waals surface area contributed by atoms with E-state index in [-0.39, 0.29) is 17.5 Å². The molecule has 164 valence electrons. The molecule has 1 fully saturated rings. The smallest absolute Gasteiger partial charge is 0.274 e. The van der Waals surface area contributed by atoms with E-state index in [0.29, 0.717) is 41.6 Å². The van der Waals surface area contributed by atoms with E-state index < -0.39 is 5.82 Å². The zero-order valence-electron chi connectivity index (χ0n) is 18.0. The van der Waals surface area contributed by atoms with E-state index in [2.05, 4.69) is 4.98 Å². The van der Waals surface area contributed by atoms with Gasteiger partial charge in [0.05, 0.1) is 18.4 Å². The van der Waals surface area contributed by atoms with Crippen LogP contribution in [0.25, 0.3) is 17.1 Å². The molecule has 0 radical (unpaired) electrons. The van der Waals surface area contributed by atoms with Gasteiger partial charge in [-0.25, -0.2) is 9.37 Å². The molecule has 3 aromatic rings. The average Bonchev–Trinajstić information content (AvgIpc) is 3.15.